The van der Waals surface area contributed by atoms with Gasteiger partial charge in [0.15, 0.2) is 6.10 Å². The summed E-state index contributed by atoms with van der Waals surface area (Å²) in [6.07, 6.45) is 8.45. The highest BCUT2D eigenvalue weighted by atomic mass is 32.2. The Labute approximate surface area is 197 Å². The van der Waals surface area contributed by atoms with Gasteiger partial charge in [-0.05, 0) is 56.7 Å². The van der Waals surface area contributed by atoms with Crippen molar-refractivity contribution in [1.82, 2.24) is 9.62 Å². The van der Waals surface area contributed by atoms with E-state index in [1.807, 2.05) is 0 Å². The highest BCUT2D eigenvalue weighted by Crippen LogP contribution is 2.27. The molecule has 0 bridgehead atoms. The van der Waals surface area contributed by atoms with Gasteiger partial charge < -0.3 is 14.8 Å². The second-order valence-corrected chi connectivity index (χ2v) is 10.9. The number of hydrogen-bond donors (Lipinski definition) is 1. The number of ether oxygens (including phenoxy) is 2. The number of hydrogen-bond acceptors (Lipinski definition) is 6. The van der Waals surface area contributed by atoms with Gasteiger partial charge in [-0.25, -0.2) is 13.2 Å². The van der Waals surface area contributed by atoms with Gasteiger partial charge in [0.05, 0.1) is 12.0 Å². The third-order valence-corrected chi connectivity index (χ3v) is 8.43. The van der Waals surface area contributed by atoms with E-state index < -0.39 is 22.1 Å². The number of amides is 1. The maximum atomic E-state index is 13.1. The Kier molecular flexibility index (Phi) is 9.14. The standard InChI is InChI=1S/C24H36N2O6S/c1-18(23(27)25-17-19-10-6-5-7-11-19)32-24(28)21-16-20(12-13-22(21)31-2)33(29,30)26-14-8-3-4-9-15-26/h12-13,16,18-19H,3-11,14-15,17H2,1-2H3,(H,25,27)/t18-/m0/s1. The van der Waals surface area contributed by atoms with Crippen molar-refractivity contribution in [2.75, 3.05) is 26.7 Å². The SMILES string of the molecule is COc1ccc(S(=O)(=O)N2CCCCCC2)cc1C(=O)O[C@@H](C)C(=O)NCC1CCCCC1. The first kappa shape index (κ1) is 25.5. The van der Waals surface area contributed by atoms with Crippen molar-refractivity contribution in [1.29, 1.82) is 0 Å². The van der Waals surface area contributed by atoms with Crippen LogP contribution in [0.2, 0.25) is 0 Å². The fraction of sp³-hybridized carbons (Fsp3) is 0.667. The van der Waals surface area contributed by atoms with E-state index in [1.54, 1.807) is 0 Å². The molecule has 2 aliphatic rings. The zero-order chi connectivity index (χ0) is 23.8. The summed E-state index contributed by atoms with van der Waals surface area (Å²) in [5.41, 5.74) is -0.0136. The van der Waals surface area contributed by atoms with Gasteiger partial charge in [0.25, 0.3) is 5.91 Å². The van der Waals surface area contributed by atoms with E-state index in [0.717, 1.165) is 38.5 Å². The van der Waals surface area contributed by atoms with Crippen molar-refractivity contribution in [3.05, 3.63) is 23.8 Å². The topological polar surface area (TPSA) is 102 Å². The Bertz CT molecular complexity index is 919. The molecule has 33 heavy (non-hydrogen) atoms. The first-order chi connectivity index (χ1) is 15.8. The summed E-state index contributed by atoms with van der Waals surface area (Å²) < 4.78 is 38.4. The van der Waals surface area contributed by atoms with E-state index >= 15 is 0 Å². The molecule has 184 valence electrons. The molecule has 1 aliphatic heterocycles. The van der Waals surface area contributed by atoms with Crippen LogP contribution >= 0.6 is 0 Å². The zero-order valence-electron chi connectivity index (χ0n) is 19.7. The lowest BCUT2D eigenvalue weighted by Crippen LogP contribution is -2.38. The van der Waals surface area contributed by atoms with Gasteiger partial charge in [-0.1, -0.05) is 32.1 Å². The molecule has 0 unspecified atom stereocenters. The molecular formula is C24H36N2O6S. The molecule has 1 N–H and O–H groups in total. The summed E-state index contributed by atoms with van der Waals surface area (Å²) in [5.74, 6) is -0.488. The quantitative estimate of drug-likeness (QED) is 0.572. The minimum absolute atomic E-state index is 0.0136. The summed E-state index contributed by atoms with van der Waals surface area (Å²) in [5, 5.41) is 2.87. The number of methoxy groups -OCH3 is 1. The molecule has 0 aromatic heterocycles. The normalized spacial score (nSPS) is 19.3. The fourth-order valence-corrected chi connectivity index (χ4v) is 6.04. The van der Waals surface area contributed by atoms with Crippen molar-refractivity contribution in [3.8, 4) is 5.75 Å². The Hall–Kier alpha value is -2.13. The average molecular weight is 481 g/mol. The maximum Gasteiger partial charge on any atom is 0.342 e. The smallest absolute Gasteiger partial charge is 0.342 e. The first-order valence-corrected chi connectivity index (χ1v) is 13.4. The number of benzene rings is 1. The van der Waals surface area contributed by atoms with Gasteiger partial charge >= 0.3 is 5.97 Å². The maximum absolute atomic E-state index is 13.1. The molecule has 1 aromatic rings. The van der Waals surface area contributed by atoms with Crippen LogP contribution in [-0.4, -0.2) is 57.4 Å². The third-order valence-electron chi connectivity index (χ3n) is 6.54. The molecule has 3 rings (SSSR count). The molecule has 1 saturated heterocycles. The number of rotatable bonds is 8. The van der Waals surface area contributed by atoms with Crippen LogP contribution in [0.25, 0.3) is 0 Å². The van der Waals surface area contributed by atoms with Gasteiger partial charge in [0, 0.05) is 19.6 Å². The molecule has 0 radical (unpaired) electrons. The van der Waals surface area contributed by atoms with Gasteiger partial charge in [-0.3, -0.25) is 4.79 Å². The Morgan fingerprint density at radius 2 is 1.70 bits per heavy atom. The lowest BCUT2D eigenvalue weighted by molar-refractivity contribution is -0.129. The minimum atomic E-state index is -3.74. The zero-order valence-corrected chi connectivity index (χ0v) is 20.5. The van der Waals surface area contributed by atoms with Crippen LogP contribution < -0.4 is 10.1 Å². The van der Waals surface area contributed by atoms with Gasteiger partial charge in [0.1, 0.15) is 11.3 Å². The van der Waals surface area contributed by atoms with Gasteiger partial charge in [0.2, 0.25) is 10.0 Å². The summed E-state index contributed by atoms with van der Waals surface area (Å²) in [4.78, 5) is 25.3. The Balaban J connectivity index is 1.68. The largest absolute Gasteiger partial charge is 0.496 e. The van der Waals surface area contributed by atoms with E-state index in [-0.39, 0.29) is 22.1 Å². The van der Waals surface area contributed by atoms with Crippen molar-refractivity contribution < 1.29 is 27.5 Å². The van der Waals surface area contributed by atoms with Crippen LogP contribution in [0.5, 0.6) is 5.75 Å². The molecule has 1 saturated carbocycles. The van der Waals surface area contributed by atoms with Crippen molar-refractivity contribution in [2.24, 2.45) is 5.92 Å². The predicted octanol–water partition coefficient (Wildman–Crippen LogP) is 3.50. The highest BCUT2D eigenvalue weighted by Gasteiger charge is 2.28. The van der Waals surface area contributed by atoms with Crippen LogP contribution in [-0.2, 0) is 19.6 Å². The third kappa shape index (κ3) is 6.69. The summed E-state index contributed by atoms with van der Waals surface area (Å²) in [6.45, 7) is 3.02. The van der Waals surface area contributed by atoms with E-state index in [4.69, 9.17) is 9.47 Å². The average Bonchev–Trinajstić information content (AvgIpc) is 3.13. The molecule has 0 spiro atoms. The molecular weight excluding hydrogens is 444 g/mol. The van der Waals surface area contributed by atoms with E-state index in [0.29, 0.717) is 25.6 Å². The number of nitrogens with one attached hydrogen (secondary N) is 1. The number of carbonyl (C=O) groups is 2. The molecule has 1 amide bonds. The lowest BCUT2D eigenvalue weighted by Gasteiger charge is -2.23. The molecule has 2 fully saturated rings. The molecule has 1 aromatic carbocycles. The van der Waals surface area contributed by atoms with Crippen LogP contribution in [0.15, 0.2) is 23.1 Å². The Morgan fingerprint density at radius 1 is 1.06 bits per heavy atom. The fourth-order valence-electron chi connectivity index (χ4n) is 4.50. The summed E-state index contributed by atoms with van der Waals surface area (Å²) in [6, 6.07) is 4.18. The second kappa shape index (κ2) is 11.8. The number of sulfonamides is 1. The van der Waals surface area contributed by atoms with Crippen molar-refractivity contribution in [2.45, 2.75) is 75.7 Å². The van der Waals surface area contributed by atoms with Crippen LogP contribution in [0, 0.1) is 5.92 Å². The molecule has 9 heteroatoms. The van der Waals surface area contributed by atoms with E-state index in [9.17, 15) is 18.0 Å². The second-order valence-electron chi connectivity index (χ2n) is 8.98. The van der Waals surface area contributed by atoms with Crippen LogP contribution in [0.1, 0.15) is 75.1 Å². The summed E-state index contributed by atoms with van der Waals surface area (Å²) in [7, 11) is -2.34. The number of esters is 1. The van der Waals surface area contributed by atoms with Gasteiger partial charge in [-0.2, -0.15) is 4.31 Å². The molecule has 1 heterocycles. The van der Waals surface area contributed by atoms with Crippen molar-refractivity contribution in [3.63, 3.8) is 0 Å². The molecule has 1 atom stereocenters. The van der Waals surface area contributed by atoms with Crippen LogP contribution in [0.3, 0.4) is 0 Å². The van der Waals surface area contributed by atoms with Crippen molar-refractivity contribution >= 4 is 21.9 Å². The lowest BCUT2D eigenvalue weighted by atomic mass is 9.89. The minimum Gasteiger partial charge on any atom is -0.496 e. The molecule has 8 nitrogen and oxygen atoms in total. The van der Waals surface area contributed by atoms with E-state index in [1.165, 1.54) is 55.8 Å². The number of nitrogens with zero attached hydrogens (tertiary/aromatic N) is 1. The molecule has 1 aliphatic carbocycles. The predicted molar refractivity (Wildman–Crippen MR) is 125 cm³/mol. The first-order valence-electron chi connectivity index (χ1n) is 12.0. The monoisotopic (exact) mass is 480 g/mol. The number of carbonyl (C=O) groups excluding carboxylic acids is 2. The van der Waals surface area contributed by atoms with Crippen LogP contribution in [0.4, 0.5) is 0 Å². The van der Waals surface area contributed by atoms with E-state index in [2.05, 4.69) is 5.32 Å². The highest BCUT2D eigenvalue weighted by molar-refractivity contribution is 7.89. The van der Waals surface area contributed by atoms with Gasteiger partial charge in [-0.15, -0.1) is 0 Å². The summed E-state index contributed by atoms with van der Waals surface area (Å²) >= 11 is 0. The Morgan fingerprint density at radius 3 is 2.33 bits per heavy atom.